The molecule has 2 saturated heterocycles. The zero-order valence-electron chi connectivity index (χ0n) is 21.1. The van der Waals surface area contributed by atoms with Gasteiger partial charge in [-0.05, 0) is 105 Å². The van der Waals surface area contributed by atoms with Crippen LogP contribution in [0.5, 0.6) is 0 Å². The van der Waals surface area contributed by atoms with Crippen molar-refractivity contribution in [2.24, 2.45) is 11.8 Å². The van der Waals surface area contributed by atoms with E-state index in [4.69, 9.17) is 0 Å². The minimum atomic E-state index is -4.26. The van der Waals surface area contributed by atoms with Crippen LogP contribution in [0, 0.1) is 18.8 Å². The minimum absolute atomic E-state index is 0. The molecule has 7 heteroatoms. The summed E-state index contributed by atoms with van der Waals surface area (Å²) in [5.74, 6) is 1.33. The smallest absolute Gasteiger partial charge is 0.372 e. The lowest BCUT2D eigenvalue weighted by atomic mass is 9.90. The number of halogens is 3. The van der Waals surface area contributed by atoms with Crippen LogP contribution in [-0.2, 0) is 11.2 Å². The number of thioether (sulfide) groups is 1. The Bertz CT molecular complexity index is 970. The van der Waals surface area contributed by atoms with E-state index < -0.39 is 5.51 Å². The molecule has 1 amide bonds. The standard InChI is InChI=1S/C29H37F3N2OS.CH4/c1-22-7-11-26(12-8-22)33-18-15-23(16-19-33)4-2-6-28(35)34-17-3-5-25(21-34)20-24-9-13-27(14-10-24)36-29(30,31)32;/h7-14,23,25H,2-6,15-21H2,1H3;1H4/t25-;/m1./s1. The summed E-state index contributed by atoms with van der Waals surface area (Å²) in [5, 5.41) is 0. The molecule has 204 valence electrons. The topological polar surface area (TPSA) is 23.6 Å². The average molecular weight is 535 g/mol. The van der Waals surface area contributed by atoms with Crippen LogP contribution in [0.15, 0.2) is 53.4 Å². The number of anilines is 1. The summed E-state index contributed by atoms with van der Waals surface area (Å²) in [6.07, 6.45) is 7.93. The number of rotatable bonds is 8. The monoisotopic (exact) mass is 534 g/mol. The van der Waals surface area contributed by atoms with Crippen molar-refractivity contribution in [1.29, 1.82) is 0 Å². The number of aryl methyl sites for hydroxylation is 1. The average Bonchev–Trinajstić information content (AvgIpc) is 2.85. The molecule has 1 atom stereocenters. The van der Waals surface area contributed by atoms with Gasteiger partial charge in [0, 0.05) is 43.2 Å². The van der Waals surface area contributed by atoms with Gasteiger partial charge >= 0.3 is 5.51 Å². The largest absolute Gasteiger partial charge is 0.446 e. The highest BCUT2D eigenvalue weighted by Crippen LogP contribution is 2.37. The van der Waals surface area contributed by atoms with Crippen LogP contribution in [0.4, 0.5) is 18.9 Å². The van der Waals surface area contributed by atoms with Gasteiger partial charge < -0.3 is 9.80 Å². The molecule has 2 aliphatic rings. The third-order valence-electron chi connectivity index (χ3n) is 7.57. The second kappa shape index (κ2) is 13.6. The van der Waals surface area contributed by atoms with Gasteiger partial charge in [0.1, 0.15) is 0 Å². The Hall–Kier alpha value is -2.15. The fraction of sp³-hybridized carbons (Fsp3) is 0.567. The van der Waals surface area contributed by atoms with Crippen LogP contribution in [0.2, 0.25) is 0 Å². The summed E-state index contributed by atoms with van der Waals surface area (Å²) in [4.78, 5) is 17.6. The van der Waals surface area contributed by atoms with Gasteiger partial charge in [0.25, 0.3) is 0 Å². The van der Waals surface area contributed by atoms with Gasteiger partial charge in [0.15, 0.2) is 0 Å². The van der Waals surface area contributed by atoms with Gasteiger partial charge in [-0.25, -0.2) is 0 Å². The van der Waals surface area contributed by atoms with Gasteiger partial charge in [0.2, 0.25) is 5.91 Å². The number of hydrogen-bond acceptors (Lipinski definition) is 3. The van der Waals surface area contributed by atoms with E-state index in [0.29, 0.717) is 18.3 Å². The SMILES string of the molecule is C.Cc1ccc(N2CCC(CCCC(=O)N3CCC[C@H](Cc4ccc(SC(F)(F)F)cc4)C3)CC2)cc1. The second-order valence-electron chi connectivity index (χ2n) is 10.4. The van der Waals surface area contributed by atoms with Crippen LogP contribution in [-0.4, -0.2) is 42.5 Å². The highest BCUT2D eigenvalue weighted by atomic mass is 32.2. The molecule has 0 bridgehead atoms. The van der Waals surface area contributed by atoms with E-state index in [1.165, 1.54) is 24.1 Å². The molecule has 2 heterocycles. The molecule has 3 nitrogen and oxygen atoms in total. The first-order chi connectivity index (χ1) is 17.2. The Morgan fingerprint density at radius 3 is 2.27 bits per heavy atom. The van der Waals surface area contributed by atoms with Crippen LogP contribution in [0.25, 0.3) is 0 Å². The highest BCUT2D eigenvalue weighted by Gasteiger charge is 2.29. The summed E-state index contributed by atoms with van der Waals surface area (Å²) in [6.45, 7) is 5.87. The van der Waals surface area contributed by atoms with E-state index >= 15 is 0 Å². The van der Waals surface area contributed by atoms with Crippen molar-refractivity contribution in [3.8, 4) is 0 Å². The number of hydrogen-bond donors (Lipinski definition) is 0. The maximum Gasteiger partial charge on any atom is 0.446 e. The zero-order chi connectivity index (χ0) is 25.5. The van der Waals surface area contributed by atoms with Gasteiger partial charge in [-0.2, -0.15) is 13.2 Å². The van der Waals surface area contributed by atoms with E-state index in [2.05, 4.69) is 36.1 Å². The van der Waals surface area contributed by atoms with Crippen molar-refractivity contribution in [3.63, 3.8) is 0 Å². The van der Waals surface area contributed by atoms with E-state index in [-0.39, 0.29) is 30.0 Å². The predicted octanol–water partition coefficient (Wildman–Crippen LogP) is 8.11. The first-order valence-electron chi connectivity index (χ1n) is 13.2. The molecule has 0 aliphatic carbocycles. The van der Waals surface area contributed by atoms with Crippen LogP contribution >= 0.6 is 11.8 Å². The summed E-state index contributed by atoms with van der Waals surface area (Å²) < 4.78 is 37.6. The van der Waals surface area contributed by atoms with Crippen LogP contribution < -0.4 is 4.90 Å². The number of carbonyl (C=O) groups excluding carboxylic acids is 1. The van der Waals surface area contributed by atoms with E-state index in [9.17, 15) is 18.0 Å². The minimum Gasteiger partial charge on any atom is -0.372 e. The molecule has 37 heavy (non-hydrogen) atoms. The van der Waals surface area contributed by atoms with Crippen LogP contribution in [0.3, 0.4) is 0 Å². The van der Waals surface area contributed by atoms with E-state index in [1.54, 1.807) is 24.3 Å². The molecule has 0 radical (unpaired) electrons. The first kappa shape index (κ1) is 29.4. The lowest BCUT2D eigenvalue weighted by Gasteiger charge is -2.34. The molecular weight excluding hydrogens is 493 g/mol. The number of likely N-dealkylation sites (tertiary alicyclic amines) is 1. The molecule has 0 unspecified atom stereocenters. The van der Waals surface area contributed by atoms with E-state index in [0.717, 1.165) is 63.8 Å². The van der Waals surface area contributed by atoms with Crippen molar-refractivity contribution in [3.05, 3.63) is 59.7 Å². The Kier molecular flexibility index (Phi) is 10.8. The lowest BCUT2D eigenvalue weighted by Crippen LogP contribution is -2.40. The Labute approximate surface area is 224 Å². The number of benzene rings is 2. The lowest BCUT2D eigenvalue weighted by molar-refractivity contribution is -0.133. The van der Waals surface area contributed by atoms with Gasteiger partial charge in [-0.1, -0.05) is 37.3 Å². The quantitative estimate of drug-likeness (QED) is 0.320. The number of amides is 1. The molecule has 2 aliphatic heterocycles. The summed E-state index contributed by atoms with van der Waals surface area (Å²) in [5.41, 5.74) is -0.622. The first-order valence-corrected chi connectivity index (χ1v) is 14.0. The van der Waals surface area contributed by atoms with Crippen molar-refractivity contribution in [1.82, 2.24) is 4.90 Å². The molecule has 0 aromatic heterocycles. The third-order valence-corrected chi connectivity index (χ3v) is 8.31. The summed E-state index contributed by atoms with van der Waals surface area (Å²) in [6, 6.07) is 15.4. The second-order valence-corrected chi connectivity index (χ2v) is 11.5. The summed E-state index contributed by atoms with van der Waals surface area (Å²) in [7, 11) is 0. The molecular formula is C30H41F3N2OS. The normalized spacial score (nSPS) is 19.0. The van der Waals surface area contributed by atoms with Gasteiger partial charge in [-0.3, -0.25) is 4.79 Å². The summed E-state index contributed by atoms with van der Waals surface area (Å²) >= 11 is -0.0783. The van der Waals surface area contributed by atoms with Crippen molar-refractivity contribution < 1.29 is 18.0 Å². The fourth-order valence-electron chi connectivity index (χ4n) is 5.55. The fourth-order valence-corrected chi connectivity index (χ4v) is 6.09. The number of alkyl halides is 3. The maximum absolute atomic E-state index is 12.9. The number of carbonyl (C=O) groups is 1. The van der Waals surface area contributed by atoms with Gasteiger partial charge in [0.05, 0.1) is 0 Å². The number of nitrogens with zero attached hydrogens (tertiary/aromatic N) is 2. The highest BCUT2D eigenvalue weighted by molar-refractivity contribution is 8.00. The molecule has 0 N–H and O–H groups in total. The van der Waals surface area contributed by atoms with Crippen molar-refractivity contribution in [2.75, 3.05) is 31.1 Å². The molecule has 0 saturated carbocycles. The predicted molar refractivity (Wildman–Crippen MR) is 148 cm³/mol. The molecule has 2 aromatic carbocycles. The molecule has 0 spiro atoms. The van der Waals surface area contributed by atoms with Gasteiger partial charge in [-0.15, -0.1) is 0 Å². The van der Waals surface area contributed by atoms with Crippen molar-refractivity contribution in [2.45, 2.75) is 76.1 Å². The van der Waals surface area contributed by atoms with E-state index in [1.807, 2.05) is 4.90 Å². The third kappa shape index (κ3) is 9.27. The molecule has 2 fully saturated rings. The van der Waals surface area contributed by atoms with Crippen LogP contribution in [0.1, 0.15) is 63.5 Å². The zero-order valence-corrected chi connectivity index (χ0v) is 21.9. The molecule has 4 rings (SSSR count). The molecule has 2 aromatic rings. The van der Waals surface area contributed by atoms with Crippen molar-refractivity contribution >= 4 is 23.4 Å². The Morgan fingerprint density at radius 1 is 0.946 bits per heavy atom. The maximum atomic E-state index is 12.9. The Morgan fingerprint density at radius 2 is 1.62 bits per heavy atom. The Balaban J connectivity index is 0.00000380. The number of piperidine rings is 2.